The van der Waals surface area contributed by atoms with Gasteiger partial charge in [-0.25, -0.2) is 0 Å². The molecule has 2 unspecified atom stereocenters. The van der Waals surface area contributed by atoms with Gasteiger partial charge in [-0.2, -0.15) is 0 Å². The van der Waals surface area contributed by atoms with Gasteiger partial charge in [-0.05, 0) is 55.6 Å². The first kappa shape index (κ1) is 17.7. The number of furan rings is 1. The van der Waals surface area contributed by atoms with Crippen LogP contribution < -0.4 is 5.32 Å². The van der Waals surface area contributed by atoms with E-state index < -0.39 is 0 Å². The molecule has 5 rings (SSSR count). The first-order valence-corrected chi connectivity index (χ1v) is 10.2. The van der Waals surface area contributed by atoms with Gasteiger partial charge in [0.25, 0.3) is 11.8 Å². The van der Waals surface area contributed by atoms with E-state index >= 15 is 0 Å². The molecule has 148 valence electrons. The van der Waals surface area contributed by atoms with Crippen LogP contribution in [0.15, 0.2) is 28.9 Å². The summed E-state index contributed by atoms with van der Waals surface area (Å²) in [6, 6.07) is 3.58. The summed E-state index contributed by atoms with van der Waals surface area (Å²) < 4.78 is 11.1. The molecule has 2 aliphatic heterocycles. The van der Waals surface area contributed by atoms with Gasteiger partial charge in [-0.1, -0.05) is 0 Å². The predicted molar refractivity (Wildman–Crippen MR) is 102 cm³/mol. The van der Waals surface area contributed by atoms with Crippen LogP contribution in [-0.4, -0.2) is 54.0 Å². The zero-order valence-electron chi connectivity index (χ0n) is 15.9. The number of hydrogen-bond acceptors (Lipinski definition) is 5. The van der Waals surface area contributed by atoms with Gasteiger partial charge in [-0.15, -0.1) is 0 Å². The quantitative estimate of drug-likeness (QED) is 0.876. The van der Waals surface area contributed by atoms with Crippen molar-refractivity contribution >= 4 is 22.8 Å². The molecule has 1 aliphatic carbocycles. The van der Waals surface area contributed by atoms with Gasteiger partial charge in [0.1, 0.15) is 6.10 Å². The molecule has 28 heavy (non-hydrogen) atoms. The molecule has 0 radical (unpaired) electrons. The molecule has 7 nitrogen and oxygen atoms in total. The van der Waals surface area contributed by atoms with Gasteiger partial charge in [-0.3, -0.25) is 14.6 Å². The summed E-state index contributed by atoms with van der Waals surface area (Å²) in [6.07, 6.45) is 8.08. The van der Waals surface area contributed by atoms with Crippen molar-refractivity contribution in [2.75, 3.05) is 26.2 Å². The minimum absolute atomic E-state index is 0.164. The Bertz CT molecular complexity index is 861. The standard InChI is InChI=1S/C21H25N3O4/c25-19(17-10-14-3-6-22-13-18(14)28-17)23-12-15-11-21(15)4-7-24(8-5-21)20(26)16-2-1-9-27-16/h3,6,10,13,15-16H,1-2,4-5,7-9,11-12H2,(H,23,25). The van der Waals surface area contributed by atoms with Crippen molar-refractivity contribution in [1.82, 2.24) is 15.2 Å². The Morgan fingerprint density at radius 3 is 2.93 bits per heavy atom. The number of fused-ring (bicyclic) bond motifs is 1. The van der Waals surface area contributed by atoms with Crippen LogP contribution in [-0.2, 0) is 9.53 Å². The third-order valence-electron chi connectivity index (χ3n) is 6.69. The Labute approximate surface area is 163 Å². The Balaban J connectivity index is 1.12. The Hall–Kier alpha value is -2.41. The molecule has 3 fully saturated rings. The lowest BCUT2D eigenvalue weighted by Gasteiger charge is -2.34. The number of hydrogen-bond donors (Lipinski definition) is 1. The maximum atomic E-state index is 12.5. The lowest BCUT2D eigenvalue weighted by molar-refractivity contribution is -0.142. The summed E-state index contributed by atoms with van der Waals surface area (Å²) in [4.78, 5) is 30.9. The number of rotatable bonds is 4. The van der Waals surface area contributed by atoms with E-state index in [9.17, 15) is 9.59 Å². The fraction of sp³-hybridized carbons (Fsp3) is 0.571. The van der Waals surface area contributed by atoms with E-state index in [1.165, 1.54) is 0 Å². The predicted octanol–water partition coefficient (Wildman–Crippen LogP) is 2.37. The molecular weight excluding hydrogens is 358 g/mol. The number of likely N-dealkylation sites (tertiary alicyclic amines) is 1. The van der Waals surface area contributed by atoms with E-state index in [-0.39, 0.29) is 17.9 Å². The molecular formula is C21H25N3O4. The van der Waals surface area contributed by atoms with E-state index in [0.717, 1.165) is 50.6 Å². The van der Waals surface area contributed by atoms with Crippen LogP contribution in [0.25, 0.3) is 11.0 Å². The largest absolute Gasteiger partial charge is 0.449 e. The average molecular weight is 383 g/mol. The maximum absolute atomic E-state index is 12.5. The van der Waals surface area contributed by atoms with E-state index in [1.807, 2.05) is 11.0 Å². The highest BCUT2D eigenvalue weighted by molar-refractivity contribution is 5.95. The van der Waals surface area contributed by atoms with Crippen LogP contribution in [0.4, 0.5) is 0 Å². The SMILES string of the molecule is O=C(NCC1CC12CCN(C(=O)C1CCCO1)CC2)c1cc2ccncc2o1. The third-order valence-corrected chi connectivity index (χ3v) is 6.69. The van der Waals surface area contributed by atoms with Crippen molar-refractivity contribution in [2.24, 2.45) is 11.3 Å². The average Bonchev–Trinajstić information content (AvgIpc) is 3.13. The monoisotopic (exact) mass is 383 g/mol. The minimum Gasteiger partial charge on any atom is -0.449 e. The Morgan fingerprint density at radius 2 is 2.18 bits per heavy atom. The second kappa shape index (κ2) is 6.88. The molecule has 2 aromatic heterocycles. The van der Waals surface area contributed by atoms with Crippen LogP contribution in [0.5, 0.6) is 0 Å². The summed E-state index contributed by atoms with van der Waals surface area (Å²) >= 11 is 0. The minimum atomic E-state index is -0.220. The summed E-state index contributed by atoms with van der Waals surface area (Å²) in [5.41, 5.74) is 0.914. The lowest BCUT2D eigenvalue weighted by Crippen LogP contribution is -2.44. The van der Waals surface area contributed by atoms with Crippen LogP contribution in [0.2, 0.25) is 0 Å². The fourth-order valence-electron chi connectivity index (χ4n) is 4.78. The Kier molecular flexibility index (Phi) is 4.34. The molecule has 2 aromatic rings. The fourth-order valence-corrected chi connectivity index (χ4v) is 4.78. The third kappa shape index (κ3) is 3.17. The van der Waals surface area contributed by atoms with Crippen LogP contribution in [0, 0.1) is 11.3 Å². The number of nitrogens with one attached hydrogen (secondary N) is 1. The molecule has 1 N–H and O–H groups in total. The first-order chi connectivity index (χ1) is 13.6. The molecule has 3 aliphatic rings. The molecule has 0 aromatic carbocycles. The van der Waals surface area contributed by atoms with Gasteiger partial charge >= 0.3 is 0 Å². The van der Waals surface area contributed by atoms with E-state index in [1.54, 1.807) is 18.5 Å². The van der Waals surface area contributed by atoms with Gasteiger partial charge in [0.2, 0.25) is 0 Å². The van der Waals surface area contributed by atoms with Crippen LogP contribution in [0.3, 0.4) is 0 Å². The van der Waals surface area contributed by atoms with Crippen LogP contribution in [0.1, 0.15) is 42.7 Å². The number of amides is 2. The molecule has 4 heterocycles. The highest BCUT2D eigenvalue weighted by Gasteiger charge is 2.55. The second-order valence-electron chi connectivity index (χ2n) is 8.32. The smallest absolute Gasteiger partial charge is 0.287 e. The van der Waals surface area contributed by atoms with Crippen molar-refractivity contribution in [3.63, 3.8) is 0 Å². The Morgan fingerprint density at radius 1 is 1.32 bits per heavy atom. The van der Waals surface area contributed by atoms with Crippen molar-refractivity contribution in [3.05, 3.63) is 30.3 Å². The van der Waals surface area contributed by atoms with E-state index in [4.69, 9.17) is 9.15 Å². The second-order valence-corrected chi connectivity index (χ2v) is 8.32. The number of aromatic nitrogens is 1. The zero-order chi connectivity index (χ0) is 19.1. The number of piperidine rings is 1. The van der Waals surface area contributed by atoms with Gasteiger partial charge in [0.05, 0.1) is 6.20 Å². The highest BCUT2D eigenvalue weighted by atomic mass is 16.5. The van der Waals surface area contributed by atoms with E-state index in [2.05, 4.69) is 10.3 Å². The molecule has 2 atom stereocenters. The van der Waals surface area contributed by atoms with Gasteiger partial charge in [0.15, 0.2) is 11.3 Å². The molecule has 7 heteroatoms. The van der Waals surface area contributed by atoms with Gasteiger partial charge < -0.3 is 19.4 Å². The number of carbonyl (C=O) groups excluding carboxylic acids is 2. The molecule has 2 amide bonds. The maximum Gasteiger partial charge on any atom is 0.287 e. The van der Waals surface area contributed by atoms with Crippen molar-refractivity contribution in [3.8, 4) is 0 Å². The van der Waals surface area contributed by atoms with Gasteiger partial charge in [0, 0.05) is 37.8 Å². The van der Waals surface area contributed by atoms with Crippen molar-refractivity contribution in [1.29, 1.82) is 0 Å². The zero-order valence-corrected chi connectivity index (χ0v) is 15.9. The van der Waals surface area contributed by atoms with Crippen molar-refractivity contribution < 1.29 is 18.7 Å². The summed E-state index contributed by atoms with van der Waals surface area (Å²) in [7, 11) is 0. The number of nitrogens with zero attached hydrogens (tertiary/aromatic N) is 2. The topological polar surface area (TPSA) is 84.7 Å². The summed E-state index contributed by atoms with van der Waals surface area (Å²) in [6.45, 7) is 2.98. The normalized spacial score (nSPS) is 25.9. The number of pyridine rings is 1. The molecule has 0 bridgehead atoms. The van der Waals surface area contributed by atoms with Crippen LogP contribution >= 0.6 is 0 Å². The highest BCUT2D eigenvalue weighted by Crippen LogP contribution is 2.59. The summed E-state index contributed by atoms with van der Waals surface area (Å²) in [5, 5.41) is 3.90. The number of carbonyl (C=O) groups is 2. The lowest BCUT2D eigenvalue weighted by atomic mass is 9.90. The number of ether oxygens (including phenoxy) is 1. The molecule has 2 saturated heterocycles. The molecule has 1 saturated carbocycles. The first-order valence-electron chi connectivity index (χ1n) is 10.2. The summed E-state index contributed by atoms with van der Waals surface area (Å²) in [5.74, 6) is 0.804. The van der Waals surface area contributed by atoms with Crippen molar-refractivity contribution in [2.45, 2.75) is 38.2 Å². The van der Waals surface area contributed by atoms with E-state index in [0.29, 0.717) is 35.8 Å². The molecule has 1 spiro atoms.